The van der Waals surface area contributed by atoms with Crippen molar-refractivity contribution in [1.82, 2.24) is 9.97 Å². The highest BCUT2D eigenvalue weighted by Crippen LogP contribution is 2.17. The van der Waals surface area contributed by atoms with Gasteiger partial charge in [0.25, 0.3) is 0 Å². The molecule has 1 N–H and O–H groups in total. The smallest absolute Gasteiger partial charge is 0.137 e. The lowest BCUT2D eigenvalue weighted by atomic mass is 10.1. The summed E-state index contributed by atoms with van der Waals surface area (Å²) >= 11 is 0. The molecule has 0 bridgehead atoms. The molecule has 0 atom stereocenters. The molecule has 2 aromatic heterocycles. The summed E-state index contributed by atoms with van der Waals surface area (Å²) in [5.41, 5.74) is 4.03. The predicted molar refractivity (Wildman–Crippen MR) is 72.3 cm³/mol. The molecule has 0 saturated carbocycles. The Morgan fingerprint density at radius 2 is 2.29 bits per heavy atom. The van der Waals surface area contributed by atoms with Crippen LogP contribution in [-0.4, -0.2) is 15.7 Å². The zero-order valence-corrected chi connectivity index (χ0v) is 10.1. The Morgan fingerprint density at radius 1 is 1.47 bits per heavy atom. The number of aromatic amines is 1. The molecule has 0 aliphatic rings. The van der Waals surface area contributed by atoms with Crippen LogP contribution in [0.3, 0.4) is 0 Å². The highest BCUT2D eigenvalue weighted by atomic mass is 14.8. The van der Waals surface area contributed by atoms with Gasteiger partial charge in [0.05, 0.1) is 5.71 Å². The second-order valence-corrected chi connectivity index (χ2v) is 4.02. The third-order valence-corrected chi connectivity index (χ3v) is 2.38. The average Bonchev–Trinajstić information content (AvgIpc) is 2.71. The van der Waals surface area contributed by atoms with Crippen LogP contribution in [-0.2, 0) is 0 Å². The molecule has 0 fully saturated rings. The van der Waals surface area contributed by atoms with E-state index in [2.05, 4.69) is 21.5 Å². The van der Waals surface area contributed by atoms with Crippen LogP contribution < -0.4 is 0 Å². The van der Waals surface area contributed by atoms with E-state index in [0.29, 0.717) is 0 Å². The summed E-state index contributed by atoms with van der Waals surface area (Å²) in [7, 11) is 0. The van der Waals surface area contributed by atoms with Gasteiger partial charge in [0.15, 0.2) is 0 Å². The van der Waals surface area contributed by atoms with Crippen LogP contribution in [0.5, 0.6) is 0 Å². The van der Waals surface area contributed by atoms with Crippen LogP contribution in [0.15, 0.2) is 53.9 Å². The first kappa shape index (κ1) is 11.3. The SMILES string of the molecule is C=CN=C(C=C(C)C)c1c[nH]c2ncccc12. The Kier molecular flexibility index (Phi) is 3.19. The molecule has 0 aliphatic heterocycles. The lowest BCUT2D eigenvalue weighted by Gasteiger charge is -1.99. The third-order valence-electron chi connectivity index (χ3n) is 2.38. The number of hydrogen-bond acceptors (Lipinski definition) is 2. The molecule has 3 heteroatoms. The quantitative estimate of drug-likeness (QED) is 0.798. The van der Waals surface area contributed by atoms with E-state index in [-0.39, 0.29) is 0 Å². The summed E-state index contributed by atoms with van der Waals surface area (Å²) in [6.07, 6.45) is 7.30. The molecule has 3 nitrogen and oxygen atoms in total. The van der Waals surface area contributed by atoms with Crippen molar-refractivity contribution >= 4 is 16.7 Å². The zero-order valence-electron chi connectivity index (χ0n) is 10.1. The topological polar surface area (TPSA) is 41.0 Å². The molecular formula is C14H15N3. The standard InChI is InChI=1S/C14H15N3/c1-4-15-13(8-10(2)3)12-9-17-14-11(12)6-5-7-16-14/h4-9H,1H2,2-3H3,(H,16,17). The molecule has 2 heterocycles. The molecule has 86 valence electrons. The number of rotatable bonds is 3. The van der Waals surface area contributed by atoms with E-state index in [0.717, 1.165) is 22.3 Å². The minimum Gasteiger partial charge on any atom is -0.345 e. The van der Waals surface area contributed by atoms with E-state index in [1.807, 2.05) is 38.3 Å². The van der Waals surface area contributed by atoms with Gasteiger partial charge < -0.3 is 4.98 Å². The van der Waals surface area contributed by atoms with Gasteiger partial charge in [-0.3, -0.25) is 4.99 Å². The Morgan fingerprint density at radius 3 is 3.00 bits per heavy atom. The molecule has 0 unspecified atom stereocenters. The third kappa shape index (κ3) is 2.33. The molecule has 2 rings (SSSR count). The van der Waals surface area contributed by atoms with Crippen LogP contribution in [0.2, 0.25) is 0 Å². The van der Waals surface area contributed by atoms with E-state index < -0.39 is 0 Å². The molecule has 0 spiro atoms. The Hall–Kier alpha value is -2.16. The summed E-state index contributed by atoms with van der Waals surface area (Å²) in [6.45, 7) is 7.75. The maximum Gasteiger partial charge on any atom is 0.137 e. The molecule has 2 aromatic rings. The van der Waals surface area contributed by atoms with Gasteiger partial charge in [-0.1, -0.05) is 12.2 Å². The zero-order chi connectivity index (χ0) is 12.3. The minimum absolute atomic E-state index is 0.876. The van der Waals surface area contributed by atoms with Gasteiger partial charge in [0, 0.05) is 29.5 Å². The second-order valence-electron chi connectivity index (χ2n) is 4.02. The van der Waals surface area contributed by atoms with E-state index >= 15 is 0 Å². The Bertz CT molecular complexity index is 599. The predicted octanol–water partition coefficient (Wildman–Crippen LogP) is 3.46. The minimum atomic E-state index is 0.876. The number of aromatic nitrogens is 2. The Balaban J connectivity index is 2.61. The van der Waals surface area contributed by atoms with E-state index in [9.17, 15) is 0 Å². The van der Waals surface area contributed by atoms with E-state index in [1.165, 1.54) is 5.57 Å². The maximum atomic E-state index is 4.31. The van der Waals surface area contributed by atoms with Gasteiger partial charge in [0.2, 0.25) is 0 Å². The number of hydrogen-bond donors (Lipinski definition) is 1. The van der Waals surface area contributed by atoms with Crippen molar-refractivity contribution in [3.8, 4) is 0 Å². The lowest BCUT2D eigenvalue weighted by Crippen LogP contribution is -1.95. The van der Waals surface area contributed by atoms with Crippen molar-refractivity contribution in [2.24, 2.45) is 4.99 Å². The first-order valence-electron chi connectivity index (χ1n) is 5.48. The number of nitrogens with zero attached hydrogens (tertiary/aromatic N) is 2. The number of nitrogens with one attached hydrogen (secondary N) is 1. The average molecular weight is 225 g/mol. The van der Waals surface area contributed by atoms with Crippen molar-refractivity contribution < 1.29 is 0 Å². The van der Waals surface area contributed by atoms with Crippen molar-refractivity contribution in [3.05, 3.63) is 54.5 Å². The van der Waals surface area contributed by atoms with Crippen molar-refractivity contribution in [3.63, 3.8) is 0 Å². The van der Waals surface area contributed by atoms with Gasteiger partial charge >= 0.3 is 0 Å². The molecule has 0 saturated heterocycles. The first-order valence-corrected chi connectivity index (χ1v) is 5.48. The number of fused-ring (bicyclic) bond motifs is 1. The summed E-state index contributed by atoms with van der Waals surface area (Å²) < 4.78 is 0. The molecule has 17 heavy (non-hydrogen) atoms. The van der Waals surface area contributed by atoms with Crippen molar-refractivity contribution in [2.75, 3.05) is 0 Å². The first-order chi connectivity index (χ1) is 8.22. The molecule has 0 amide bonds. The summed E-state index contributed by atoms with van der Waals surface area (Å²) in [5, 5.41) is 1.07. The van der Waals surface area contributed by atoms with Crippen LogP contribution >= 0.6 is 0 Å². The van der Waals surface area contributed by atoms with Gasteiger partial charge in [-0.05, 0) is 32.1 Å². The number of allylic oxidation sites excluding steroid dienone is 2. The van der Waals surface area contributed by atoms with Crippen molar-refractivity contribution in [1.29, 1.82) is 0 Å². The highest BCUT2D eigenvalue weighted by Gasteiger charge is 2.07. The summed E-state index contributed by atoms with van der Waals surface area (Å²) in [5.74, 6) is 0. The monoisotopic (exact) mass is 225 g/mol. The van der Waals surface area contributed by atoms with E-state index in [4.69, 9.17) is 0 Å². The fourth-order valence-corrected chi connectivity index (χ4v) is 1.72. The van der Waals surface area contributed by atoms with Crippen molar-refractivity contribution in [2.45, 2.75) is 13.8 Å². The fraction of sp³-hybridized carbons (Fsp3) is 0.143. The largest absolute Gasteiger partial charge is 0.345 e. The van der Waals surface area contributed by atoms with Gasteiger partial charge in [-0.15, -0.1) is 0 Å². The van der Waals surface area contributed by atoms with Gasteiger partial charge in [-0.25, -0.2) is 4.98 Å². The number of H-pyrrole nitrogens is 1. The normalized spacial score (nSPS) is 11.5. The Labute approximate surface area is 101 Å². The van der Waals surface area contributed by atoms with Gasteiger partial charge in [0.1, 0.15) is 5.65 Å². The second kappa shape index (κ2) is 4.78. The lowest BCUT2D eigenvalue weighted by molar-refractivity contribution is 1.32. The molecule has 0 aromatic carbocycles. The van der Waals surface area contributed by atoms with Crippen LogP contribution in [0, 0.1) is 0 Å². The summed E-state index contributed by atoms with van der Waals surface area (Å²) in [4.78, 5) is 11.7. The molecule has 0 aliphatic carbocycles. The number of pyridine rings is 1. The maximum absolute atomic E-state index is 4.31. The van der Waals surface area contributed by atoms with Crippen LogP contribution in [0.1, 0.15) is 19.4 Å². The highest BCUT2D eigenvalue weighted by molar-refractivity contribution is 6.16. The number of aliphatic imine (C=N–C) groups is 1. The van der Waals surface area contributed by atoms with E-state index in [1.54, 1.807) is 12.4 Å². The van der Waals surface area contributed by atoms with Gasteiger partial charge in [-0.2, -0.15) is 0 Å². The fourth-order valence-electron chi connectivity index (χ4n) is 1.72. The van der Waals surface area contributed by atoms with Crippen LogP contribution in [0.4, 0.5) is 0 Å². The molecular weight excluding hydrogens is 210 g/mol. The molecule has 0 radical (unpaired) electrons. The van der Waals surface area contributed by atoms with Crippen LogP contribution in [0.25, 0.3) is 11.0 Å². The summed E-state index contributed by atoms with van der Waals surface area (Å²) in [6, 6.07) is 3.96.